The van der Waals surface area contributed by atoms with E-state index in [2.05, 4.69) is 27.7 Å². The van der Waals surface area contributed by atoms with E-state index < -0.39 is 11.8 Å². The van der Waals surface area contributed by atoms with Crippen molar-refractivity contribution in [2.75, 3.05) is 45.9 Å². The molecule has 0 spiro atoms. The highest BCUT2D eigenvalue weighted by Crippen LogP contribution is 2.03. The van der Waals surface area contributed by atoms with Crippen molar-refractivity contribution in [3.63, 3.8) is 0 Å². The Balaban J connectivity index is 1.49. The molecule has 6 heteroatoms. The molecule has 1 fully saturated rings. The molecule has 6 nitrogen and oxygen atoms in total. The molecule has 1 heterocycles. The maximum Gasteiger partial charge on any atom is 0.309 e. The molecule has 1 saturated heterocycles. The quantitative estimate of drug-likeness (QED) is 0.539. The zero-order chi connectivity index (χ0) is 17.0. The van der Waals surface area contributed by atoms with Gasteiger partial charge in [0.2, 0.25) is 0 Å². The Kier molecular flexibility index (Phi) is 8.27. The van der Waals surface area contributed by atoms with Gasteiger partial charge in [0, 0.05) is 32.7 Å². The van der Waals surface area contributed by atoms with Gasteiger partial charge in [-0.3, -0.25) is 14.5 Å². The highest BCUT2D eigenvalue weighted by atomic mass is 16.5. The van der Waals surface area contributed by atoms with Gasteiger partial charge in [0.1, 0.15) is 0 Å². The molecule has 2 N–H and O–H groups in total. The first-order chi connectivity index (χ1) is 11.8. The van der Waals surface area contributed by atoms with Gasteiger partial charge < -0.3 is 15.4 Å². The Hall–Kier alpha value is -1.92. The highest BCUT2D eigenvalue weighted by molar-refractivity contribution is 6.35. The lowest BCUT2D eigenvalue weighted by atomic mass is 10.1. The van der Waals surface area contributed by atoms with Crippen molar-refractivity contribution in [1.82, 2.24) is 15.5 Å². The number of amides is 2. The maximum absolute atomic E-state index is 11.7. The van der Waals surface area contributed by atoms with Crippen LogP contribution in [-0.4, -0.2) is 62.7 Å². The van der Waals surface area contributed by atoms with Crippen LogP contribution in [0.3, 0.4) is 0 Å². The third-order valence-electron chi connectivity index (χ3n) is 4.04. The van der Waals surface area contributed by atoms with Gasteiger partial charge in [-0.1, -0.05) is 30.3 Å². The van der Waals surface area contributed by atoms with Crippen LogP contribution in [0.4, 0.5) is 0 Å². The first kappa shape index (κ1) is 18.4. The summed E-state index contributed by atoms with van der Waals surface area (Å²) < 4.78 is 5.26. The molecule has 2 amide bonds. The third-order valence-corrected chi connectivity index (χ3v) is 4.04. The zero-order valence-corrected chi connectivity index (χ0v) is 14.1. The normalized spacial score (nSPS) is 15.0. The molecular weight excluding hydrogens is 306 g/mol. The van der Waals surface area contributed by atoms with Crippen LogP contribution >= 0.6 is 0 Å². The number of hydrogen-bond acceptors (Lipinski definition) is 4. The number of nitrogens with zero attached hydrogens (tertiary/aromatic N) is 1. The van der Waals surface area contributed by atoms with Crippen molar-refractivity contribution in [3.05, 3.63) is 35.9 Å². The summed E-state index contributed by atoms with van der Waals surface area (Å²) in [5.74, 6) is -1.09. The van der Waals surface area contributed by atoms with Crippen molar-refractivity contribution < 1.29 is 14.3 Å². The Morgan fingerprint density at radius 1 is 0.958 bits per heavy atom. The number of rotatable bonds is 8. The van der Waals surface area contributed by atoms with Gasteiger partial charge in [0.05, 0.1) is 13.2 Å². The number of unbranched alkanes of at least 4 members (excludes halogenated alkanes) is 1. The zero-order valence-electron chi connectivity index (χ0n) is 14.1. The van der Waals surface area contributed by atoms with Crippen molar-refractivity contribution in [2.24, 2.45) is 0 Å². The Morgan fingerprint density at radius 3 is 2.33 bits per heavy atom. The van der Waals surface area contributed by atoms with E-state index in [4.69, 9.17) is 4.74 Å². The average Bonchev–Trinajstić information content (AvgIpc) is 2.63. The standard InChI is InChI=1S/C18H27N3O3/c22-17(18(23)20-10-11-21-12-14-24-15-13-21)19-9-5-4-8-16-6-2-1-3-7-16/h1-3,6-7H,4-5,8-15H2,(H,19,22)(H,20,23). The molecule has 1 aromatic carbocycles. The van der Waals surface area contributed by atoms with Crippen LogP contribution in [0.5, 0.6) is 0 Å². The Morgan fingerprint density at radius 2 is 1.62 bits per heavy atom. The summed E-state index contributed by atoms with van der Waals surface area (Å²) in [6, 6.07) is 10.2. The average molecular weight is 333 g/mol. The van der Waals surface area contributed by atoms with Crippen LogP contribution < -0.4 is 10.6 Å². The van der Waals surface area contributed by atoms with Crippen molar-refractivity contribution in [1.29, 1.82) is 0 Å². The number of hydrogen-bond donors (Lipinski definition) is 2. The molecule has 132 valence electrons. The largest absolute Gasteiger partial charge is 0.379 e. The first-order valence-corrected chi connectivity index (χ1v) is 8.66. The number of carbonyl (C=O) groups excluding carboxylic acids is 2. The molecule has 24 heavy (non-hydrogen) atoms. The van der Waals surface area contributed by atoms with E-state index in [1.165, 1.54) is 5.56 Å². The minimum Gasteiger partial charge on any atom is -0.379 e. The van der Waals surface area contributed by atoms with Gasteiger partial charge in [-0.15, -0.1) is 0 Å². The van der Waals surface area contributed by atoms with Crippen molar-refractivity contribution >= 4 is 11.8 Å². The van der Waals surface area contributed by atoms with Crippen LogP contribution in [0.15, 0.2) is 30.3 Å². The lowest BCUT2D eigenvalue weighted by molar-refractivity contribution is -0.139. The molecule has 0 atom stereocenters. The highest BCUT2D eigenvalue weighted by Gasteiger charge is 2.14. The van der Waals surface area contributed by atoms with E-state index in [-0.39, 0.29) is 0 Å². The van der Waals surface area contributed by atoms with Crippen molar-refractivity contribution in [3.8, 4) is 0 Å². The topological polar surface area (TPSA) is 70.7 Å². The van der Waals surface area contributed by atoms with Crippen LogP contribution in [0.2, 0.25) is 0 Å². The fourth-order valence-corrected chi connectivity index (χ4v) is 2.61. The summed E-state index contributed by atoms with van der Waals surface area (Å²) in [4.78, 5) is 25.6. The molecule has 1 aliphatic rings. The molecule has 0 aliphatic carbocycles. The lowest BCUT2D eigenvalue weighted by Gasteiger charge is -2.26. The van der Waals surface area contributed by atoms with Crippen LogP contribution in [0, 0.1) is 0 Å². The van der Waals surface area contributed by atoms with E-state index in [1.54, 1.807) is 0 Å². The fraction of sp³-hybridized carbons (Fsp3) is 0.556. The van der Waals surface area contributed by atoms with E-state index in [1.807, 2.05) is 18.2 Å². The Labute approximate surface area is 143 Å². The fourth-order valence-electron chi connectivity index (χ4n) is 2.61. The summed E-state index contributed by atoms with van der Waals surface area (Å²) in [5.41, 5.74) is 1.30. The molecule has 0 radical (unpaired) electrons. The molecular formula is C18H27N3O3. The summed E-state index contributed by atoms with van der Waals surface area (Å²) in [7, 11) is 0. The van der Waals surface area contributed by atoms with E-state index in [9.17, 15) is 9.59 Å². The second kappa shape index (κ2) is 10.8. The predicted molar refractivity (Wildman–Crippen MR) is 92.7 cm³/mol. The molecule has 1 aliphatic heterocycles. The third kappa shape index (κ3) is 7.10. The van der Waals surface area contributed by atoms with Gasteiger partial charge >= 0.3 is 11.8 Å². The van der Waals surface area contributed by atoms with Crippen molar-refractivity contribution in [2.45, 2.75) is 19.3 Å². The number of benzene rings is 1. The predicted octanol–water partition coefficient (Wildman–Crippen LogP) is 0.574. The van der Waals surface area contributed by atoms with Gasteiger partial charge in [-0.2, -0.15) is 0 Å². The maximum atomic E-state index is 11.7. The van der Waals surface area contributed by atoms with E-state index in [0.717, 1.165) is 52.1 Å². The number of nitrogens with one attached hydrogen (secondary N) is 2. The van der Waals surface area contributed by atoms with Crippen LogP contribution in [-0.2, 0) is 20.7 Å². The Bertz CT molecular complexity index is 501. The van der Waals surface area contributed by atoms with Gasteiger partial charge in [0.15, 0.2) is 0 Å². The molecule has 0 unspecified atom stereocenters. The summed E-state index contributed by atoms with van der Waals surface area (Å²) >= 11 is 0. The minimum absolute atomic E-state index is 0.486. The minimum atomic E-state index is -0.550. The molecule has 0 aromatic heterocycles. The van der Waals surface area contributed by atoms with Gasteiger partial charge in [-0.25, -0.2) is 0 Å². The second-order valence-electron chi connectivity index (χ2n) is 5.91. The monoisotopic (exact) mass is 333 g/mol. The van der Waals surface area contributed by atoms with Gasteiger partial charge in [-0.05, 0) is 24.8 Å². The SMILES string of the molecule is O=C(NCCCCc1ccccc1)C(=O)NCCN1CCOCC1. The number of ether oxygens (including phenoxy) is 1. The number of aryl methyl sites for hydroxylation is 1. The summed E-state index contributed by atoms with van der Waals surface area (Å²) in [5, 5.41) is 5.34. The first-order valence-electron chi connectivity index (χ1n) is 8.66. The number of carbonyl (C=O) groups is 2. The van der Waals surface area contributed by atoms with Gasteiger partial charge in [0.25, 0.3) is 0 Å². The second-order valence-corrected chi connectivity index (χ2v) is 5.91. The van der Waals surface area contributed by atoms with Crippen LogP contribution in [0.1, 0.15) is 18.4 Å². The molecule has 0 bridgehead atoms. The molecule has 2 rings (SSSR count). The smallest absolute Gasteiger partial charge is 0.309 e. The molecule has 1 aromatic rings. The summed E-state index contributed by atoms with van der Waals surface area (Å²) in [6.45, 7) is 4.99. The summed E-state index contributed by atoms with van der Waals surface area (Å²) in [6.07, 6.45) is 2.84. The number of morpholine rings is 1. The molecule has 0 saturated carbocycles. The van der Waals surface area contributed by atoms with Crippen LogP contribution in [0.25, 0.3) is 0 Å². The van der Waals surface area contributed by atoms with E-state index in [0.29, 0.717) is 13.1 Å². The lowest BCUT2D eigenvalue weighted by Crippen LogP contribution is -2.45. The van der Waals surface area contributed by atoms with E-state index >= 15 is 0 Å².